The molecule has 0 radical (unpaired) electrons. The Morgan fingerprint density at radius 3 is 2.42 bits per heavy atom. The third kappa shape index (κ3) is 5.46. The van der Waals surface area contributed by atoms with Gasteiger partial charge in [0.15, 0.2) is 0 Å². The van der Waals surface area contributed by atoms with Gasteiger partial charge in [-0.15, -0.1) is 0 Å². The molecule has 0 saturated carbocycles. The zero-order chi connectivity index (χ0) is 25.9. The lowest BCUT2D eigenvalue weighted by molar-refractivity contribution is -0.137. The Morgan fingerprint density at radius 1 is 1.00 bits per heavy atom. The standard InChI is InChI=1S/C26H21ClF3N3O3/c1-35-20-10-11-21(24(13-20)36-2)22-14-23(33(32-22)19-8-6-18(27)7-9-19)25(34)31-15-16-4-3-5-17(12-16)26(28,29)30/h3-14H,15H2,1-2H3,(H,31,34). The fourth-order valence-electron chi connectivity index (χ4n) is 3.59. The molecule has 1 N–H and O–H groups in total. The second kappa shape index (κ2) is 10.3. The summed E-state index contributed by atoms with van der Waals surface area (Å²) in [5.74, 6) is 0.561. The van der Waals surface area contributed by atoms with Crippen molar-refractivity contribution in [1.82, 2.24) is 15.1 Å². The molecule has 0 spiro atoms. The monoisotopic (exact) mass is 515 g/mol. The summed E-state index contributed by atoms with van der Waals surface area (Å²) in [5.41, 5.74) is 1.35. The highest BCUT2D eigenvalue weighted by Gasteiger charge is 2.30. The van der Waals surface area contributed by atoms with Crippen LogP contribution in [-0.4, -0.2) is 29.9 Å². The van der Waals surface area contributed by atoms with Crippen LogP contribution in [0.1, 0.15) is 21.6 Å². The fourth-order valence-corrected chi connectivity index (χ4v) is 3.72. The molecule has 186 valence electrons. The molecule has 3 aromatic carbocycles. The van der Waals surface area contributed by atoms with E-state index in [1.54, 1.807) is 48.5 Å². The predicted octanol–water partition coefficient (Wildman–Crippen LogP) is 6.16. The highest BCUT2D eigenvalue weighted by molar-refractivity contribution is 6.30. The highest BCUT2D eigenvalue weighted by Crippen LogP contribution is 2.34. The smallest absolute Gasteiger partial charge is 0.416 e. The van der Waals surface area contributed by atoms with Crippen LogP contribution in [0.3, 0.4) is 0 Å². The van der Waals surface area contributed by atoms with Crippen LogP contribution in [0.2, 0.25) is 5.02 Å². The van der Waals surface area contributed by atoms with Crippen molar-refractivity contribution in [3.63, 3.8) is 0 Å². The second-order valence-corrected chi connectivity index (χ2v) is 8.19. The summed E-state index contributed by atoms with van der Waals surface area (Å²) in [5, 5.41) is 7.81. The lowest BCUT2D eigenvalue weighted by atomic mass is 10.1. The number of hydrogen-bond donors (Lipinski definition) is 1. The minimum Gasteiger partial charge on any atom is -0.497 e. The number of rotatable bonds is 7. The van der Waals surface area contributed by atoms with E-state index >= 15 is 0 Å². The molecule has 0 aliphatic rings. The number of benzene rings is 3. The molecule has 4 rings (SSSR count). The van der Waals surface area contributed by atoms with Crippen molar-refractivity contribution < 1.29 is 27.4 Å². The number of carbonyl (C=O) groups is 1. The molecule has 0 aliphatic heterocycles. The molecule has 4 aromatic rings. The van der Waals surface area contributed by atoms with Crippen molar-refractivity contribution in [2.45, 2.75) is 12.7 Å². The van der Waals surface area contributed by atoms with E-state index < -0.39 is 17.6 Å². The molecule has 0 aliphatic carbocycles. The normalized spacial score (nSPS) is 11.3. The number of ether oxygens (including phenoxy) is 2. The number of nitrogens with zero attached hydrogens (tertiary/aromatic N) is 2. The maximum Gasteiger partial charge on any atom is 0.416 e. The molecule has 1 heterocycles. The first-order valence-electron chi connectivity index (χ1n) is 10.7. The molecule has 10 heteroatoms. The lowest BCUT2D eigenvalue weighted by Crippen LogP contribution is -2.25. The number of nitrogens with one attached hydrogen (secondary N) is 1. The molecule has 0 fully saturated rings. The van der Waals surface area contributed by atoms with E-state index in [-0.39, 0.29) is 12.2 Å². The van der Waals surface area contributed by atoms with Gasteiger partial charge in [-0.25, -0.2) is 4.68 Å². The largest absolute Gasteiger partial charge is 0.497 e. The number of alkyl halides is 3. The van der Waals surface area contributed by atoms with Crippen LogP contribution < -0.4 is 14.8 Å². The summed E-state index contributed by atoms with van der Waals surface area (Å²) in [6.45, 7) is -0.101. The molecule has 0 saturated heterocycles. The third-order valence-corrected chi connectivity index (χ3v) is 5.66. The number of halogens is 4. The van der Waals surface area contributed by atoms with Gasteiger partial charge in [-0.3, -0.25) is 4.79 Å². The van der Waals surface area contributed by atoms with Crippen LogP contribution in [0, 0.1) is 0 Å². The quantitative estimate of drug-likeness (QED) is 0.320. The Bertz CT molecular complexity index is 1390. The minimum atomic E-state index is -4.47. The average molecular weight is 516 g/mol. The van der Waals surface area contributed by atoms with E-state index in [1.165, 1.54) is 31.0 Å². The summed E-state index contributed by atoms with van der Waals surface area (Å²) in [6.07, 6.45) is -4.47. The first kappa shape index (κ1) is 25.1. The van der Waals surface area contributed by atoms with Crippen molar-refractivity contribution in [2.24, 2.45) is 0 Å². The van der Waals surface area contributed by atoms with Crippen molar-refractivity contribution in [3.8, 4) is 28.4 Å². The Balaban J connectivity index is 1.69. The second-order valence-electron chi connectivity index (χ2n) is 7.75. The first-order chi connectivity index (χ1) is 17.2. The minimum absolute atomic E-state index is 0.101. The van der Waals surface area contributed by atoms with Gasteiger partial charge in [0.25, 0.3) is 5.91 Å². The number of methoxy groups -OCH3 is 2. The molecule has 1 aromatic heterocycles. The summed E-state index contributed by atoms with van der Waals surface area (Å²) in [4.78, 5) is 13.2. The van der Waals surface area contributed by atoms with Gasteiger partial charge in [0.2, 0.25) is 0 Å². The predicted molar refractivity (Wildman–Crippen MR) is 130 cm³/mol. The molecular formula is C26H21ClF3N3O3. The van der Waals surface area contributed by atoms with E-state index in [4.69, 9.17) is 21.1 Å². The van der Waals surface area contributed by atoms with E-state index in [0.29, 0.717) is 39.0 Å². The zero-order valence-electron chi connectivity index (χ0n) is 19.3. The van der Waals surface area contributed by atoms with Crippen molar-refractivity contribution in [3.05, 3.63) is 94.6 Å². The summed E-state index contributed by atoms with van der Waals surface area (Å²) in [7, 11) is 3.05. The number of hydrogen-bond acceptors (Lipinski definition) is 4. The number of amides is 1. The Hall–Kier alpha value is -3.98. The Labute approximate surface area is 210 Å². The van der Waals surface area contributed by atoms with E-state index in [1.807, 2.05) is 0 Å². The van der Waals surface area contributed by atoms with Crippen molar-refractivity contribution >= 4 is 17.5 Å². The van der Waals surface area contributed by atoms with Gasteiger partial charge in [-0.2, -0.15) is 18.3 Å². The number of aromatic nitrogens is 2. The van der Waals surface area contributed by atoms with Crippen LogP contribution >= 0.6 is 11.6 Å². The first-order valence-corrected chi connectivity index (χ1v) is 11.1. The van der Waals surface area contributed by atoms with Gasteiger partial charge in [0.05, 0.1) is 31.2 Å². The van der Waals surface area contributed by atoms with Crippen molar-refractivity contribution in [2.75, 3.05) is 14.2 Å². The van der Waals surface area contributed by atoms with Gasteiger partial charge >= 0.3 is 6.18 Å². The van der Waals surface area contributed by atoms with Gasteiger partial charge in [0.1, 0.15) is 17.2 Å². The van der Waals surface area contributed by atoms with E-state index in [0.717, 1.165) is 12.1 Å². The molecule has 6 nitrogen and oxygen atoms in total. The van der Waals surface area contributed by atoms with Crippen LogP contribution in [0.4, 0.5) is 13.2 Å². The summed E-state index contributed by atoms with van der Waals surface area (Å²) < 4.78 is 51.3. The van der Waals surface area contributed by atoms with Crippen LogP contribution in [-0.2, 0) is 12.7 Å². The Kier molecular flexibility index (Phi) is 7.21. The molecular weight excluding hydrogens is 495 g/mol. The van der Waals surface area contributed by atoms with Gasteiger partial charge in [0, 0.05) is 23.2 Å². The summed E-state index contributed by atoms with van der Waals surface area (Å²) >= 11 is 6.02. The molecule has 0 unspecified atom stereocenters. The van der Waals surface area contributed by atoms with E-state index in [2.05, 4.69) is 10.4 Å². The van der Waals surface area contributed by atoms with Gasteiger partial charge in [-0.05, 0) is 60.2 Å². The van der Waals surface area contributed by atoms with Crippen LogP contribution in [0.5, 0.6) is 11.5 Å². The fraction of sp³-hybridized carbons (Fsp3) is 0.154. The average Bonchev–Trinajstić information content (AvgIpc) is 3.32. The van der Waals surface area contributed by atoms with E-state index in [9.17, 15) is 18.0 Å². The lowest BCUT2D eigenvalue weighted by Gasteiger charge is -2.11. The number of carbonyl (C=O) groups excluding carboxylic acids is 1. The maximum atomic E-state index is 13.2. The molecule has 0 bridgehead atoms. The molecule has 36 heavy (non-hydrogen) atoms. The summed E-state index contributed by atoms with van der Waals surface area (Å²) in [6, 6.07) is 18.3. The maximum absolute atomic E-state index is 13.2. The van der Waals surface area contributed by atoms with Crippen LogP contribution in [0.15, 0.2) is 72.8 Å². The third-order valence-electron chi connectivity index (χ3n) is 5.41. The zero-order valence-corrected chi connectivity index (χ0v) is 20.0. The van der Waals surface area contributed by atoms with Gasteiger partial charge < -0.3 is 14.8 Å². The highest BCUT2D eigenvalue weighted by atomic mass is 35.5. The Morgan fingerprint density at radius 2 is 1.75 bits per heavy atom. The molecule has 0 atom stereocenters. The van der Waals surface area contributed by atoms with Crippen molar-refractivity contribution in [1.29, 1.82) is 0 Å². The molecule has 1 amide bonds. The topological polar surface area (TPSA) is 65.4 Å². The SMILES string of the molecule is COc1ccc(-c2cc(C(=O)NCc3cccc(C(F)(F)F)c3)n(-c3ccc(Cl)cc3)n2)c(OC)c1. The van der Waals surface area contributed by atoms with Crippen LogP contribution in [0.25, 0.3) is 16.9 Å². The van der Waals surface area contributed by atoms with Gasteiger partial charge in [-0.1, -0.05) is 23.7 Å².